The van der Waals surface area contributed by atoms with Gasteiger partial charge in [0.05, 0.1) is 30.4 Å². The highest BCUT2D eigenvalue weighted by atomic mass is 16.5. The molecule has 6 heteroatoms. The quantitative estimate of drug-likeness (QED) is 0.705. The van der Waals surface area contributed by atoms with Gasteiger partial charge < -0.3 is 14.6 Å². The predicted molar refractivity (Wildman–Crippen MR) is 121 cm³/mol. The summed E-state index contributed by atoms with van der Waals surface area (Å²) < 4.78 is 5.56. The lowest BCUT2D eigenvalue weighted by Gasteiger charge is -2.44. The molecule has 30 heavy (non-hydrogen) atoms. The Hall–Kier alpha value is -2.57. The Labute approximate surface area is 178 Å². The Morgan fingerprint density at radius 1 is 1.00 bits per heavy atom. The highest BCUT2D eigenvalue weighted by Crippen LogP contribution is 2.29. The molecule has 2 aliphatic rings. The van der Waals surface area contributed by atoms with Gasteiger partial charge >= 0.3 is 0 Å². The molecule has 0 radical (unpaired) electrons. The number of aromatic nitrogens is 2. The Morgan fingerprint density at radius 3 is 2.63 bits per heavy atom. The molecule has 0 bridgehead atoms. The molecule has 3 aromatic rings. The lowest BCUT2D eigenvalue weighted by molar-refractivity contribution is 0.0875. The van der Waals surface area contributed by atoms with Crippen LogP contribution in [0.1, 0.15) is 18.7 Å². The first-order valence-electron chi connectivity index (χ1n) is 11.1. The molecule has 2 aliphatic heterocycles. The molecule has 0 saturated carbocycles. The van der Waals surface area contributed by atoms with E-state index in [1.54, 1.807) is 7.11 Å². The van der Waals surface area contributed by atoms with E-state index in [-0.39, 0.29) is 0 Å². The maximum atomic E-state index is 5.56. The van der Waals surface area contributed by atoms with Crippen molar-refractivity contribution in [2.45, 2.75) is 25.4 Å². The summed E-state index contributed by atoms with van der Waals surface area (Å²) in [6.07, 6.45) is 2.56. The SMILES string of the molecule is COc1ccccc1N1CCN(C2CCCN(Cc3nc4ccccc4[nH]3)C2)CC1. The van der Waals surface area contributed by atoms with Gasteiger partial charge in [-0.3, -0.25) is 9.80 Å². The van der Waals surface area contributed by atoms with Gasteiger partial charge in [0.25, 0.3) is 0 Å². The zero-order chi connectivity index (χ0) is 20.3. The average molecular weight is 406 g/mol. The van der Waals surface area contributed by atoms with Crippen molar-refractivity contribution in [1.29, 1.82) is 0 Å². The molecular formula is C24H31N5O. The number of ether oxygens (including phenoxy) is 1. The third-order valence-corrected chi connectivity index (χ3v) is 6.55. The fourth-order valence-corrected chi connectivity index (χ4v) is 4.98. The van der Waals surface area contributed by atoms with Crippen LogP contribution in [-0.4, -0.2) is 72.2 Å². The minimum atomic E-state index is 0.642. The number of fused-ring (bicyclic) bond motifs is 1. The van der Waals surface area contributed by atoms with Crippen LogP contribution in [0.25, 0.3) is 11.0 Å². The predicted octanol–water partition coefficient (Wildman–Crippen LogP) is 3.36. The molecule has 0 spiro atoms. The van der Waals surface area contributed by atoms with Gasteiger partial charge in [0.15, 0.2) is 0 Å². The average Bonchev–Trinajstić information content (AvgIpc) is 3.21. The van der Waals surface area contributed by atoms with Gasteiger partial charge in [0, 0.05) is 38.8 Å². The van der Waals surface area contributed by atoms with Crippen molar-refractivity contribution in [1.82, 2.24) is 19.8 Å². The summed E-state index contributed by atoms with van der Waals surface area (Å²) in [5.41, 5.74) is 3.41. The van der Waals surface area contributed by atoms with Crippen molar-refractivity contribution in [3.63, 3.8) is 0 Å². The monoisotopic (exact) mass is 405 g/mol. The number of hydrogen-bond acceptors (Lipinski definition) is 5. The first kappa shape index (κ1) is 19.4. The number of piperidine rings is 1. The van der Waals surface area contributed by atoms with Crippen LogP contribution in [0.5, 0.6) is 5.75 Å². The van der Waals surface area contributed by atoms with Crippen molar-refractivity contribution in [3.05, 3.63) is 54.4 Å². The van der Waals surface area contributed by atoms with E-state index >= 15 is 0 Å². The number of nitrogens with zero attached hydrogens (tertiary/aromatic N) is 4. The van der Waals surface area contributed by atoms with E-state index in [2.05, 4.69) is 62.1 Å². The zero-order valence-electron chi connectivity index (χ0n) is 17.8. The number of H-pyrrole nitrogens is 1. The minimum Gasteiger partial charge on any atom is -0.495 e. The third-order valence-electron chi connectivity index (χ3n) is 6.55. The number of anilines is 1. The van der Waals surface area contributed by atoms with Crippen LogP contribution in [-0.2, 0) is 6.54 Å². The van der Waals surface area contributed by atoms with E-state index in [1.165, 1.54) is 18.5 Å². The minimum absolute atomic E-state index is 0.642. The maximum absolute atomic E-state index is 5.56. The van der Waals surface area contributed by atoms with Gasteiger partial charge in [-0.1, -0.05) is 24.3 Å². The summed E-state index contributed by atoms with van der Waals surface area (Å²) in [4.78, 5) is 16.0. The molecule has 1 unspecified atom stereocenters. The first-order chi connectivity index (χ1) is 14.8. The molecule has 1 atom stereocenters. The second kappa shape index (κ2) is 8.66. The number of rotatable bonds is 5. The number of methoxy groups -OCH3 is 1. The lowest BCUT2D eigenvalue weighted by atomic mass is 10.0. The van der Waals surface area contributed by atoms with Crippen LogP contribution in [0.3, 0.4) is 0 Å². The Kier molecular flexibility index (Phi) is 5.60. The molecular weight excluding hydrogens is 374 g/mol. The second-order valence-electron chi connectivity index (χ2n) is 8.43. The number of para-hydroxylation sites is 4. The first-order valence-corrected chi connectivity index (χ1v) is 11.1. The standard InChI is InChI=1S/C24H31N5O/c1-30-23-11-5-4-10-22(23)29-15-13-28(14-16-29)19-7-6-12-27(17-19)18-24-25-20-8-2-3-9-21(20)26-24/h2-5,8-11,19H,6-7,12-18H2,1H3,(H,25,26). The number of imidazole rings is 1. The van der Waals surface area contributed by atoms with E-state index in [0.29, 0.717) is 6.04 Å². The lowest BCUT2D eigenvalue weighted by Crippen LogP contribution is -2.55. The van der Waals surface area contributed by atoms with Crippen LogP contribution in [0, 0.1) is 0 Å². The molecule has 0 amide bonds. The van der Waals surface area contributed by atoms with Gasteiger partial charge in [-0.25, -0.2) is 4.98 Å². The molecule has 2 aromatic carbocycles. The summed E-state index contributed by atoms with van der Waals surface area (Å²) in [7, 11) is 1.76. The molecule has 1 N–H and O–H groups in total. The van der Waals surface area contributed by atoms with E-state index in [9.17, 15) is 0 Å². The van der Waals surface area contributed by atoms with Crippen LogP contribution in [0.15, 0.2) is 48.5 Å². The van der Waals surface area contributed by atoms with Crippen LogP contribution >= 0.6 is 0 Å². The van der Waals surface area contributed by atoms with Crippen LogP contribution < -0.4 is 9.64 Å². The van der Waals surface area contributed by atoms with E-state index < -0.39 is 0 Å². The summed E-state index contributed by atoms with van der Waals surface area (Å²) in [6.45, 7) is 7.54. The Bertz CT molecular complexity index is 945. The van der Waals surface area contributed by atoms with Gasteiger partial charge in [-0.2, -0.15) is 0 Å². The fraction of sp³-hybridized carbons (Fsp3) is 0.458. The number of piperazine rings is 1. The summed E-state index contributed by atoms with van der Waals surface area (Å²) in [5.74, 6) is 2.05. The third kappa shape index (κ3) is 4.02. The highest BCUT2D eigenvalue weighted by Gasteiger charge is 2.29. The Morgan fingerprint density at radius 2 is 1.80 bits per heavy atom. The Balaban J connectivity index is 1.18. The largest absolute Gasteiger partial charge is 0.495 e. The number of likely N-dealkylation sites (tertiary alicyclic amines) is 1. The summed E-state index contributed by atoms with van der Waals surface area (Å²) in [5, 5.41) is 0. The maximum Gasteiger partial charge on any atom is 0.142 e. The fourth-order valence-electron chi connectivity index (χ4n) is 4.98. The van der Waals surface area contributed by atoms with Gasteiger partial charge in [0.2, 0.25) is 0 Å². The van der Waals surface area contributed by atoms with Crippen molar-refractivity contribution in [2.75, 3.05) is 51.3 Å². The van der Waals surface area contributed by atoms with Gasteiger partial charge in [-0.15, -0.1) is 0 Å². The summed E-state index contributed by atoms with van der Waals surface area (Å²) >= 11 is 0. The molecule has 2 saturated heterocycles. The van der Waals surface area contributed by atoms with E-state index in [0.717, 1.165) is 68.4 Å². The topological polar surface area (TPSA) is 47.6 Å². The number of aromatic amines is 1. The van der Waals surface area contributed by atoms with E-state index in [1.807, 2.05) is 6.07 Å². The normalized spacial score (nSPS) is 21.2. The van der Waals surface area contributed by atoms with Crippen molar-refractivity contribution >= 4 is 16.7 Å². The molecule has 158 valence electrons. The second-order valence-corrected chi connectivity index (χ2v) is 8.43. The zero-order valence-corrected chi connectivity index (χ0v) is 17.8. The van der Waals surface area contributed by atoms with Crippen LogP contribution in [0.4, 0.5) is 5.69 Å². The highest BCUT2D eigenvalue weighted by molar-refractivity contribution is 5.74. The number of nitrogens with one attached hydrogen (secondary N) is 1. The summed E-state index contributed by atoms with van der Waals surface area (Å²) in [6, 6.07) is 17.3. The van der Waals surface area contributed by atoms with Crippen molar-refractivity contribution in [3.8, 4) is 5.75 Å². The number of benzene rings is 2. The molecule has 1 aromatic heterocycles. The van der Waals surface area contributed by atoms with Gasteiger partial charge in [-0.05, 0) is 43.7 Å². The molecule has 5 rings (SSSR count). The van der Waals surface area contributed by atoms with Crippen molar-refractivity contribution in [2.24, 2.45) is 0 Å². The number of hydrogen-bond donors (Lipinski definition) is 1. The molecule has 6 nitrogen and oxygen atoms in total. The molecule has 0 aliphatic carbocycles. The van der Waals surface area contributed by atoms with Crippen molar-refractivity contribution < 1.29 is 4.74 Å². The van der Waals surface area contributed by atoms with E-state index in [4.69, 9.17) is 9.72 Å². The van der Waals surface area contributed by atoms with Crippen LogP contribution in [0.2, 0.25) is 0 Å². The smallest absolute Gasteiger partial charge is 0.142 e. The molecule has 2 fully saturated rings. The molecule has 3 heterocycles. The van der Waals surface area contributed by atoms with Gasteiger partial charge in [0.1, 0.15) is 11.6 Å².